The van der Waals surface area contributed by atoms with Crippen LogP contribution < -0.4 is 11.1 Å². The number of nitrogens with two attached hydrogens (primary N) is 1. The predicted octanol–water partition coefficient (Wildman–Crippen LogP) is 0.331. The molecule has 0 bridgehead atoms. The van der Waals surface area contributed by atoms with Crippen molar-refractivity contribution in [2.24, 2.45) is 0 Å². The second-order valence-corrected chi connectivity index (χ2v) is 4.70. The van der Waals surface area contributed by atoms with Gasteiger partial charge in [0.1, 0.15) is 6.33 Å². The molecule has 0 aliphatic heterocycles. The molecule has 1 fully saturated rings. The molecule has 8 nitrogen and oxygen atoms in total. The smallest absolute Gasteiger partial charge is 0.243 e. The second kappa shape index (κ2) is 4.41. The summed E-state index contributed by atoms with van der Waals surface area (Å²) in [7, 11) is 0. The number of aromatic nitrogens is 6. The lowest BCUT2D eigenvalue weighted by Crippen LogP contribution is -2.12. The minimum atomic E-state index is 0.184. The highest BCUT2D eigenvalue weighted by atomic mass is 32.2. The Hall–Kier alpha value is -1.90. The molecule has 1 aliphatic rings. The molecule has 3 N–H and O–H groups in total. The molecule has 94 valence electrons. The van der Waals surface area contributed by atoms with Gasteiger partial charge in [-0.3, -0.25) is 0 Å². The maximum Gasteiger partial charge on any atom is 0.243 e. The van der Waals surface area contributed by atoms with Gasteiger partial charge >= 0.3 is 0 Å². The summed E-state index contributed by atoms with van der Waals surface area (Å²) in [6.45, 7) is 0. The van der Waals surface area contributed by atoms with Crippen LogP contribution in [0.2, 0.25) is 0 Å². The zero-order valence-corrected chi connectivity index (χ0v) is 10.6. The number of anilines is 2. The summed E-state index contributed by atoms with van der Waals surface area (Å²) in [4.78, 5) is 12.5. The molecule has 0 saturated heterocycles. The number of hydrogen-bond acceptors (Lipinski definition) is 8. The Labute approximate surface area is 107 Å². The van der Waals surface area contributed by atoms with Gasteiger partial charge in [-0.1, -0.05) is 11.8 Å². The van der Waals surface area contributed by atoms with E-state index in [2.05, 4.69) is 30.5 Å². The van der Waals surface area contributed by atoms with Gasteiger partial charge in [0, 0.05) is 6.04 Å². The van der Waals surface area contributed by atoms with E-state index in [-0.39, 0.29) is 5.95 Å². The monoisotopic (exact) mass is 264 g/mol. The first kappa shape index (κ1) is 11.2. The molecule has 0 amide bonds. The third-order valence-corrected chi connectivity index (χ3v) is 3.11. The van der Waals surface area contributed by atoms with Gasteiger partial charge in [0.15, 0.2) is 5.16 Å². The van der Waals surface area contributed by atoms with E-state index >= 15 is 0 Å². The molecule has 0 atom stereocenters. The number of nitrogens with zero attached hydrogens (tertiary/aromatic N) is 6. The maximum atomic E-state index is 5.69. The molecule has 0 radical (unpaired) electrons. The average molecular weight is 264 g/mol. The van der Waals surface area contributed by atoms with Crippen LogP contribution in [0.5, 0.6) is 0 Å². The number of hydrogen-bond donors (Lipinski definition) is 2. The molecule has 1 saturated carbocycles. The summed E-state index contributed by atoms with van der Waals surface area (Å²) >= 11 is 1.46. The van der Waals surface area contributed by atoms with Crippen LogP contribution in [-0.4, -0.2) is 42.0 Å². The van der Waals surface area contributed by atoms with E-state index in [1.807, 2.05) is 6.26 Å². The second-order valence-electron chi connectivity index (χ2n) is 3.92. The fraction of sp³-hybridized carbons (Fsp3) is 0.444. The standard InChI is InChI=1S/C9H12N8S/c1-18-9-16-11-4-17(9)8-14-6(10)13-7(15-8)12-5-2-3-5/h4-5H,2-3H2,1H3,(H3,10,12,13,14,15). The van der Waals surface area contributed by atoms with E-state index in [4.69, 9.17) is 5.73 Å². The van der Waals surface area contributed by atoms with Gasteiger partial charge < -0.3 is 11.1 Å². The summed E-state index contributed by atoms with van der Waals surface area (Å²) < 4.78 is 1.68. The zero-order valence-electron chi connectivity index (χ0n) is 9.74. The quantitative estimate of drug-likeness (QED) is 0.761. The van der Waals surface area contributed by atoms with E-state index < -0.39 is 0 Å². The molecule has 2 aromatic heterocycles. The van der Waals surface area contributed by atoms with E-state index in [0.717, 1.165) is 12.8 Å². The van der Waals surface area contributed by atoms with Crippen molar-refractivity contribution in [3.05, 3.63) is 6.33 Å². The maximum absolute atomic E-state index is 5.69. The van der Waals surface area contributed by atoms with Gasteiger partial charge in [-0.2, -0.15) is 15.0 Å². The van der Waals surface area contributed by atoms with Crippen LogP contribution in [0, 0.1) is 0 Å². The Kier molecular flexibility index (Phi) is 2.74. The fourth-order valence-electron chi connectivity index (χ4n) is 1.46. The molecule has 3 rings (SSSR count). The summed E-state index contributed by atoms with van der Waals surface area (Å²) in [5.74, 6) is 1.12. The van der Waals surface area contributed by atoms with Gasteiger partial charge in [0.25, 0.3) is 0 Å². The normalized spacial score (nSPS) is 14.7. The first-order valence-electron chi connectivity index (χ1n) is 5.49. The first-order chi connectivity index (χ1) is 8.76. The molecule has 0 aromatic carbocycles. The Bertz CT molecular complexity index is 563. The van der Waals surface area contributed by atoms with Crippen LogP contribution in [0.25, 0.3) is 5.95 Å². The van der Waals surface area contributed by atoms with Crippen LogP contribution in [0.4, 0.5) is 11.9 Å². The van der Waals surface area contributed by atoms with E-state index in [1.165, 1.54) is 11.8 Å². The molecule has 18 heavy (non-hydrogen) atoms. The highest BCUT2D eigenvalue weighted by Crippen LogP contribution is 2.23. The van der Waals surface area contributed by atoms with Crippen molar-refractivity contribution in [2.75, 3.05) is 17.3 Å². The highest BCUT2D eigenvalue weighted by Gasteiger charge is 2.22. The number of nitrogen functional groups attached to an aromatic ring is 1. The van der Waals surface area contributed by atoms with Crippen molar-refractivity contribution in [1.29, 1.82) is 0 Å². The largest absolute Gasteiger partial charge is 0.368 e. The Morgan fingerprint density at radius 2 is 2.22 bits per heavy atom. The average Bonchev–Trinajstić information content (AvgIpc) is 3.03. The molecular weight excluding hydrogens is 252 g/mol. The highest BCUT2D eigenvalue weighted by molar-refractivity contribution is 7.98. The molecule has 2 heterocycles. The summed E-state index contributed by atoms with van der Waals surface area (Å²) in [6, 6.07) is 0.459. The van der Waals surface area contributed by atoms with Crippen molar-refractivity contribution in [2.45, 2.75) is 24.0 Å². The van der Waals surface area contributed by atoms with Crippen molar-refractivity contribution in [3.63, 3.8) is 0 Å². The van der Waals surface area contributed by atoms with E-state index in [9.17, 15) is 0 Å². The molecular formula is C9H12N8S. The van der Waals surface area contributed by atoms with Crippen molar-refractivity contribution in [1.82, 2.24) is 29.7 Å². The topological polar surface area (TPSA) is 107 Å². The minimum absolute atomic E-state index is 0.184. The first-order valence-corrected chi connectivity index (χ1v) is 6.71. The molecule has 1 aliphatic carbocycles. The van der Waals surface area contributed by atoms with Crippen molar-refractivity contribution >= 4 is 23.7 Å². The van der Waals surface area contributed by atoms with Gasteiger partial charge in [-0.15, -0.1) is 10.2 Å². The fourth-order valence-corrected chi connectivity index (χ4v) is 1.92. The number of thioether (sulfide) groups is 1. The van der Waals surface area contributed by atoms with Crippen LogP contribution in [-0.2, 0) is 0 Å². The third-order valence-electron chi connectivity index (χ3n) is 2.47. The Morgan fingerprint density at radius 3 is 2.94 bits per heavy atom. The van der Waals surface area contributed by atoms with Crippen LogP contribution >= 0.6 is 11.8 Å². The summed E-state index contributed by atoms with van der Waals surface area (Å²) in [5, 5.41) is 11.7. The lowest BCUT2D eigenvalue weighted by atomic mass is 10.7. The Balaban J connectivity index is 1.97. The summed E-state index contributed by atoms with van der Waals surface area (Å²) in [5.41, 5.74) is 5.69. The van der Waals surface area contributed by atoms with Crippen LogP contribution in [0.1, 0.15) is 12.8 Å². The molecule has 2 aromatic rings. The molecule has 0 spiro atoms. The van der Waals surface area contributed by atoms with Crippen LogP contribution in [0.3, 0.4) is 0 Å². The minimum Gasteiger partial charge on any atom is -0.368 e. The number of rotatable bonds is 4. The summed E-state index contributed by atoms with van der Waals surface area (Å²) in [6.07, 6.45) is 5.75. The SMILES string of the molecule is CSc1nncn1-c1nc(N)nc(NC2CC2)n1. The van der Waals surface area contributed by atoms with Gasteiger partial charge in [-0.25, -0.2) is 4.57 Å². The third kappa shape index (κ3) is 2.21. The molecule has 0 unspecified atom stereocenters. The van der Waals surface area contributed by atoms with Gasteiger partial charge in [-0.05, 0) is 19.1 Å². The van der Waals surface area contributed by atoms with E-state index in [0.29, 0.717) is 23.1 Å². The van der Waals surface area contributed by atoms with Gasteiger partial charge in [0.05, 0.1) is 0 Å². The lowest BCUT2D eigenvalue weighted by molar-refractivity contribution is 0.814. The van der Waals surface area contributed by atoms with Crippen molar-refractivity contribution < 1.29 is 0 Å². The van der Waals surface area contributed by atoms with Crippen molar-refractivity contribution in [3.8, 4) is 5.95 Å². The lowest BCUT2D eigenvalue weighted by Gasteiger charge is -2.07. The number of nitrogens with one attached hydrogen (secondary N) is 1. The zero-order chi connectivity index (χ0) is 12.5. The predicted molar refractivity (Wildman–Crippen MR) is 67.6 cm³/mol. The van der Waals surface area contributed by atoms with Gasteiger partial charge in [0.2, 0.25) is 17.8 Å². The molecule has 9 heteroatoms. The van der Waals surface area contributed by atoms with E-state index in [1.54, 1.807) is 10.9 Å². The van der Waals surface area contributed by atoms with Crippen LogP contribution in [0.15, 0.2) is 11.5 Å². The Morgan fingerprint density at radius 1 is 1.39 bits per heavy atom.